The monoisotopic (exact) mass is 762 g/mol. The fourth-order valence-corrected chi connectivity index (χ4v) is 6.11. The Bertz CT molecular complexity index is 1320. The molecule has 3 unspecified atom stereocenters. The standard InChI is InChI=1S/C25H21Br3N2O9S/c1-37-17-4-2-3-13(5-17)10-38-25(36)20(18(33)9-26)30-23(35)19(24(30)40-12-32)29-22(34)21(39-11-31)14-6-15(27)8-16(28)7-14/h2-8,11-12,19,21,24,33H,9-10H2,1H3,(H,29,34). The molecule has 2 aromatic rings. The number of esters is 1. The first kappa shape index (κ1) is 31.6. The van der Waals surface area contributed by atoms with Gasteiger partial charge in [-0.05, 0) is 35.9 Å². The van der Waals surface area contributed by atoms with Crippen molar-refractivity contribution in [2.75, 3.05) is 12.4 Å². The minimum absolute atomic E-state index is 0.0960. The maximum atomic E-state index is 13.2. The van der Waals surface area contributed by atoms with Crippen molar-refractivity contribution < 1.29 is 43.3 Å². The Balaban J connectivity index is 1.82. The number of carbonyl (C=O) groups is 5. The normalized spacial score (nSPS) is 17.6. The molecular formula is C25H21Br3N2O9S. The van der Waals surface area contributed by atoms with Crippen LogP contribution in [-0.4, -0.2) is 63.7 Å². The van der Waals surface area contributed by atoms with Crippen molar-refractivity contribution in [3.63, 3.8) is 0 Å². The predicted molar refractivity (Wildman–Crippen MR) is 155 cm³/mol. The molecule has 0 aromatic heterocycles. The summed E-state index contributed by atoms with van der Waals surface area (Å²) in [6.07, 6.45) is -1.42. The van der Waals surface area contributed by atoms with Gasteiger partial charge in [0.15, 0.2) is 11.3 Å². The molecule has 1 saturated heterocycles. The number of aliphatic hydroxyl groups excluding tert-OH is 1. The largest absolute Gasteiger partial charge is 0.509 e. The number of rotatable bonds is 13. The summed E-state index contributed by atoms with van der Waals surface area (Å²) < 4.78 is 16.7. The summed E-state index contributed by atoms with van der Waals surface area (Å²) in [6.45, 7) is -0.103. The molecule has 1 aliphatic rings. The van der Waals surface area contributed by atoms with Gasteiger partial charge < -0.3 is 24.6 Å². The van der Waals surface area contributed by atoms with Crippen molar-refractivity contribution in [2.24, 2.45) is 0 Å². The van der Waals surface area contributed by atoms with Crippen LogP contribution in [0.5, 0.6) is 5.75 Å². The lowest BCUT2D eigenvalue weighted by Crippen LogP contribution is -2.70. The van der Waals surface area contributed by atoms with Crippen molar-refractivity contribution >= 4 is 89.4 Å². The SMILES string of the molecule is COc1cccc(COC(=O)C(=C(O)CBr)N2C(=O)C(NC(=O)C(OC=O)c3cc(Br)cc(Br)c3)C2SC=O)c1. The second-order valence-corrected chi connectivity index (χ2v) is 11.3. The molecule has 0 radical (unpaired) electrons. The van der Waals surface area contributed by atoms with Gasteiger partial charge in [0.1, 0.15) is 29.5 Å². The van der Waals surface area contributed by atoms with E-state index in [4.69, 9.17) is 14.2 Å². The zero-order valence-electron chi connectivity index (χ0n) is 20.5. The number of hydrogen-bond acceptors (Lipinski definition) is 10. The van der Waals surface area contributed by atoms with Crippen LogP contribution in [0, 0.1) is 0 Å². The molecule has 1 fully saturated rings. The van der Waals surface area contributed by atoms with Crippen molar-refractivity contribution in [3.8, 4) is 5.75 Å². The maximum absolute atomic E-state index is 13.2. The Labute approximate surface area is 258 Å². The van der Waals surface area contributed by atoms with Gasteiger partial charge in [-0.15, -0.1) is 0 Å². The summed E-state index contributed by atoms with van der Waals surface area (Å²) in [6, 6.07) is 10.3. The first-order valence-electron chi connectivity index (χ1n) is 11.2. The number of nitrogens with one attached hydrogen (secondary N) is 1. The summed E-state index contributed by atoms with van der Waals surface area (Å²) >= 11 is 10.2. The Morgan fingerprint density at radius 3 is 2.48 bits per heavy atom. The number of carbonyl (C=O) groups excluding carboxylic acids is 5. The van der Waals surface area contributed by atoms with Crippen molar-refractivity contribution in [2.45, 2.75) is 24.1 Å². The minimum Gasteiger partial charge on any atom is -0.509 e. The first-order valence-corrected chi connectivity index (χ1v) is 14.9. The molecule has 3 atom stereocenters. The number of ether oxygens (including phenoxy) is 3. The number of nitrogens with zero attached hydrogens (tertiary/aromatic N) is 1. The maximum Gasteiger partial charge on any atom is 0.358 e. The lowest BCUT2D eigenvalue weighted by Gasteiger charge is -2.46. The van der Waals surface area contributed by atoms with Crippen LogP contribution < -0.4 is 10.1 Å². The molecule has 11 nitrogen and oxygen atoms in total. The van der Waals surface area contributed by atoms with Gasteiger partial charge in [0, 0.05) is 14.5 Å². The minimum atomic E-state index is -1.42. The van der Waals surface area contributed by atoms with E-state index in [1.807, 2.05) is 0 Å². The Kier molecular flexibility index (Phi) is 11.6. The van der Waals surface area contributed by atoms with Crippen LogP contribution in [0.4, 0.5) is 0 Å². The van der Waals surface area contributed by atoms with Crippen molar-refractivity contribution in [1.29, 1.82) is 0 Å². The molecule has 0 saturated carbocycles. The number of alkyl halides is 1. The summed E-state index contributed by atoms with van der Waals surface area (Å²) in [5.41, 5.74) is 0.821. The van der Waals surface area contributed by atoms with E-state index in [0.29, 0.717) is 43.2 Å². The molecule has 1 heterocycles. The van der Waals surface area contributed by atoms with E-state index in [1.165, 1.54) is 7.11 Å². The van der Waals surface area contributed by atoms with E-state index >= 15 is 0 Å². The van der Waals surface area contributed by atoms with Gasteiger partial charge in [0.25, 0.3) is 18.3 Å². The molecule has 212 valence electrons. The third-order valence-corrected chi connectivity index (χ3v) is 7.81. The third kappa shape index (κ3) is 7.44. The molecule has 0 aliphatic carbocycles. The second kappa shape index (κ2) is 14.7. The molecular weight excluding hydrogens is 744 g/mol. The Morgan fingerprint density at radius 1 is 1.18 bits per heavy atom. The van der Waals surface area contributed by atoms with Gasteiger partial charge in [-0.25, -0.2) is 4.79 Å². The van der Waals surface area contributed by atoms with Gasteiger partial charge in [-0.3, -0.25) is 24.1 Å². The lowest BCUT2D eigenvalue weighted by molar-refractivity contribution is -0.155. The molecule has 15 heteroatoms. The Hall–Kier alpha value is -2.88. The molecule has 2 aromatic carbocycles. The number of β-lactam (4-membered cyclic amide) rings is 1. The molecule has 1 aliphatic heterocycles. The summed E-state index contributed by atoms with van der Waals surface area (Å²) in [4.78, 5) is 62.8. The highest BCUT2D eigenvalue weighted by Gasteiger charge is 2.53. The summed E-state index contributed by atoms with van der Waals surface area (Å²) in [5.74, 6) is -2.66. The zero-order chi connectivity index (χ0) is 29.4. The van der Waals surface area contributed by atoms with Crippen LogP contribution in [-0.2, 0) is 40.1 Å². The van der Waals surface area contributed by atoms with Crippen LogP contribution in [0.2, 0.25) is 0 Å². The fourth-order valence-electron chi connectivity index (χ4n) is 3.73. The number of methoxy groups -OCH3 is 1. The number of benzene rings is 2. The van der Waals surface area contributed by atoms with Crippen LogP contribution in [0.25, 0.3) is 0 Å². The molecule has 2 amide bonds. The number of hydrogen-bond donors (Lipinski definition) is 2. The van der Waals surface area contributed by atoms with Gasteiger partial charge >= 0.3 is 5.97 Å². The van der Waals surface area contributed by atoms with Crippen molar-refractivity contribution in [1.82, 2.24) is 10.2 Å². The molecule has 0 bridgehead atoms. The summed E-state index contributed by atoms with van der Waals surface area (Å²) in [5, 5.41) is 11.7. The van der Waals surface area contributed by atoms with E-state index in [1.54, 1.807) is 42.5 Å². The van der Waals surface area contributed by atoms with Crippen molar-refractivity contribution in [3.05, 3.63) is 74.0 Å². The highest BCUT2D eigenvalue weighted by Crippen LogP contribution is 2.35. The lowest BCUT2D eigenvalue weighted by atomic mass is 10.0. The average molecular weight is 765 g/mol. The van der Waals surface area contributed by atoms with Crippen LogP contribution in [0.3, 0.4) is 0 Å². The number of aliphatic hydroxyl groups is 1. The van der Waals surface area contributed by atoms with Crippen LogP contribution >= 0.6 is 59.6 Å². The van der Waals surface area contributed by atoms with E-state index < -0.39 is 46.8 Å². The van der Waals surface area contributed by atoms with Crippen LogP contribution in [0.1, 0.15) is 17.2 Å². The number of likely N-dealkylation sites (tertiary alicyclic amines) is 1. The summed E-state index contributed by atoms with van der Waals surface area (Å²) in [7, 11) is 1.49. The van der Waals surface area contributed by atoms with E-state index in [9.17, 15) is 29.1 Å². The van der Waals surface area contributed by atoms with E-state index in [2.05, 4.69) is 53.1 Å². The van der Waals surface area contributed by atoms with E-state index in [0.717, 1.165) is 4.90 Å². The average Bonchev–Trinajstić information content (AvgIpc) is 2.94. The predicted octanol–water partition coefficient (Wildman–Crippen LogP) is 3.92. The fraction of sp³-hybridized carbons (Fsp3) is 0.240. The second-order valence-electron chi connectivity index (χ2n) is 7.99. The smallest absolute Gasteiger partial charge is 0.358 e. The van der Waals surface area contributed by atoms with Gasteiger partial charge in [-0.1, -0.05) is 71.7 Å². The number of thioether (sulfide) groups is 1. The molecule has 40 heavy (non-hydrogen) atoms. The molecule has 2 N–H and O–H groups in total. The van der Waals surface area contributed by atoms with E-state index in [-0.39, 0.29) is 18.4 Å². The first-order chi connectivity index (χ1) is 19.1. The number of halogens is 3. The third-order valence-electron chi connectivity index (χ3n) is 5.49. The van der Waals surface area contributed by atoms with Crippen LogP contribution in [0.15, 0.2) is 62.9 Å². The topological polar surface area (TPSA) is 149 Å². The van der Waals surface area contributed by atoms with Gasteiger partial charge in [-0.2, -0.15) is 0 Å². The Morgan fingerprint density at radius 2 is 1.88 bits per heavy atom. The molecule has 3 rings (SSSR count). The molecule has 0 spiro atoms. The number of amides is 2. The highest BCUT2D eigenvalue weighted by atomic mass is 79.9. The highest BCUT2D eigenvalue weighted by molar-refractivity contribution is 9.11. The quantitative estimate of drug-likeness (QED) is 0.0769. The number of allylic oxidation sites excluding steroid dienone is 1. The zero-order valence-corrected chi connectivity index (χ0v) is 26.1. The van der Waals surface area contributed by atoms with Gasteiger partial charge in [0.05, 0.1) is 12.4 Å². The van der Waals surface area contributed by atoms with Gasteiger partial charge in [0.2, 0.25) is 6.10 Å².